The molecule has 0 heterocycles. The fourth-order valence-corrected chi connectivity index (χ4v) is 3.29. The van der Waals surface area contributed by atoms with Crippen molar-refractivity contribution in [2.45, 2.75) is 77.7 Å². The molecule has 32 heavy (non-hydrogen) atoms. The van der Waals surface area contributed by atoms with Gasteiger partial charge in [-0.05, 0) is 12.8 Å². The number of carbonyl (C=O) groups is 3. The number of unbranched alkanes of at least 4 members (excludes halogenated alkanes) is 7. The van der Waals surface area contributed by atoms with E-state index >= 15 is 0 Å². The Kier molecular flexibility index (Phi) is 15.7. The molecule has 0 spiro atoms. The molecule has 0 saturated carbocycles. The molecule has 7 heteroatoms. The standard InChI is InChI=1S/C25H42N4O3/c1-3-5-7-9-14-18-28-25(32)29-22(24(31)27-17-13-8-6-4-2)19-26-20-23(30)21-15-11-10-12-16-21/h10-12,15-16,22,26H,3-9,13-14,17-20H2,1-2H3,(H,27,31)(H2,28,29,32)/t22-/m0/s1. The van der Waals surface area contributed by atoms with Crippen LogP contribution in [0.2, 0.25) is 0 Å². The van der Waals surface area contributed by atoms with Crippen molar-refractivity contribution in [1.29, 1.82) is 0 Å². The number of rotatable bonds is 18. The van der Waals surface area contributed by atoms with E-state index < -0.39 is 6.04 Å². The Hall–Kier alpha value is -2.41. The Morgan fingerprint density at radius 1 is 0.781 bits per heavy atom. The van der Waals surface area contributed by atoms with Gasteiger partial charge in [0, 0.05) is 25.2 Å². The molecule has 180 valence electrons. The van der Waals surface area contributed by atoms with Crippen molar-refractivity contribution in [2.24, 2.45) is 0 Å². The Morgan fingerprint density at radius 2 is 1.38 bits per heavy atom. The first-order valence-corrected chi connectivity index (χ1v) is 12.2. The summed E-state index contributed by atoms with van der Waals surface area (Å²) in [7, 11) is 0. The van der Waals surface area contributed by atoms with E-state index in [-0.39, 0.29) is 30.8 Å². The van der Waals surface area contributed by atoms with Crippen LogP contribution in [-0.2, 0) is 4.79 Å². The Labute approximate surface area is 193 Å². The van der Waals surface area contributed by atoms with Crippen LogP contribution in [0.1, 0.15) is 82.0 Å². The second-order valence-electron chi connectivity index (χ2n) is 8.14. The van der Waals surface area contributed by atoms with Gasteiger partial charge in [0.25, 0.3) is 0 Å². The van der Waals surface area contributed by atoms with Crippen molar-refractivity contribution in [1.82, 2.24) is 21.3 Å². The van der Waals surface area contributed by atoms with E-state index in [9.17, 15) is 14.4 Å². The highest BCUT2D eigenvalue weighted by Crippen LogP contribution is 2.01. The van der Waals surface area contributed by atoms with Crippen molar-refractivity contribution < 1.29 is 14.4 Å². The number of hydrogen-bond donors (Lipinski definition) is 4. The molecule has 1 aromatic carbocycles. The summed E-state index contributed by atoms with van der Waals surface area (Å²) >= 11 is 0. The molecule has 0 fully saturated rings. The fraction of sp³-hybridized carbons (Fsp3) is 0.640. The summed E-state index contributed by atoms with van der Waals surface area (Å²) < 4.78 is 0. The zero-order chi connectivity index (χ0) is 23.4. The quantitative estimate of drug-likeness (QED) is 0.204. The maximum atomic E-state index is 12.6. The van der Waals surface area contributed by atoms with Crippen molar-refractivity contribution in [3.63, 3.8) is 0 Å². The van der Waals surface area contributed by atoms with Crippen LogP contribution in [0, 0.1) is 0 Å². The van der Waals surface area contributed by atoms with Crippen LogP contribution in [0.15, 0.2) is 30.3 Å². The summed E-state index contributed by atoms with van der Waals surface area (Å²) in [6.45, 7) is 5.76. The summed E-state index contributed by atoms with van der Waals surface area (Å²) in [5.74, 6) is -0.292. The van der Waals surface area contributed by atoms with Crippen molar-refractivity contribution in [3.05, 3.63) is 35.9 Å². The topological polar surface area (TPSA) is 99.3 Å². The summed E-state index contributed by atoms with van der Waals surface area (Å²) in [6.07, 6.45) is 9.82. The molecule has 3 amide bonds. The fourth-order valence-electron chi connectivity index (χ4n) is 3.29. The molecule has 0 aromatic heterocycles. The van der Waals surface area contributed by atoms with E-state index in [2.05, 4.69) is 35.1 Å². The maximum Gasteiger partial charge on any atom is 0.315 e. The predicted molar refractivity (Wildman–Crippen MR) is 130 cm³/mol. The minimum atomic E-state index is -0.746. The van der Waals surface area contributed by atoms with Gasteiger partial charge >= 0.3 is 6.03 Å². The minimum absolute atomic E-state index is 0.0548. The lowest BCUT2D eigenvalue weighted by atomic mass is 10.1. The second kappa shape index (κ2) is 18.2. The third-order valence-corrected chi connectivity index (χ3v) is 5.25. The van der Waals surface area contributed by atoms with Gasteiger partial charge in [0.05, 0.1) is 6.54 Å². The normalized spacial score (nSPS) is 11.6. The van der Waals surface area contributed by atoms with E-state index in [0.717, 1.165) is 38.5 Å². The maximum absolute atomic E-state index is 12.6. The number of Topliss-reactive ketones (excluding diaryl/α,β-unsaturated/α-hetero) is 1. The highest BCUT2D eigenvalue weighted by atomic mass is 16.2. The number of hydrogen-bond acceptors (Lipinski definition) is 4. The number of urea groups is 1. The molecule has 0 radical (unpaired) electrons. The van der Waals surface area contributed by atoms with Gasteiger partial charge in [0.15, 0.2) is 5.78 Å². The first-order valence-electron chi connectivity index (χ1n) is 12.2. The predicted octanol–water partition coefficient (Wildman–Crippen LogP) is 3.79. The van der Waals surface area contributed by atoms with E-state index in [1.165, 1.54) is 19.3 Å². The SMILES string of the molecule is CCCCCCCNC(=O)N[C@@H](CNCC(=O)c1ccccc1)C(=O)NCCCCCC. The van der Waals surface area contributed by atoms with Gasteiger partial charge in [-0.2, -0.15) is 0 Å². The van der Waals surface area contributed by atoms with Crippen LogP contribution >= 0.6 is 0 Å². The van der Waals surface area contributed by atoms with Crippen LogP contribution in [0.25, 0.3) is 0 Å². The molecule has 7 nitrogen and oxygen atoms in total. The number of ketones is 1. The molecule has 0 aliphatic rings. The van der Waals surface area contributed by atoms with Crippen molar-refractivity contribution in [3.8, 4) is 0 Å². The van der Waals surface area contributed by atoms with Gasteiger partial charge in [0.1, 0.15) is 6.04 Å². The lowest BCUT2D eigenvalue weighted by Gasteiger charge is -2.19. The number of carbonyl (C=O) groups excluding carboxylic acids is 3. The summed E-state index contributed by atoms with van der Waals surface area (Å²) in [6, 6.07) is 7.91. The summed E-state index contributed by atoms with van der Waals surface area (Å²) in [4.78, 5) is 37.2. The van der Waals surface area contributed by atoms with Crippen molar-refractivity contribution in [2.75, 3.05) is 26.2 Å². The molecular weight excluding hydrogens is 404 g/mol. The third kappa shape index (κ3) is 13.1. The molecule has 1 atom stereocenters. The second-order valence-corrected chi connectivity index (χ2v) is 8.14. The molecule has 0 bridgehead atoms. The number of amides is 3. The van der Waals surface area contributed by atoms with E-state index in [1.807, 2.05) is 18.2 Å². The minimum Gasteiger partial charge on any atom is -0.354 e. The molecule has 0 unspecified atom stereocenters. The van der Waals surface area contributed by atoms with Gasteiger partial charge in [0.2, 0.25) is 5.91 Å². The average molecular weight is 447 g/mol. The molecule has 1 rings (SSSR count). The number of benzene rings is 1. The summed E-state index contributed by atoms with van der Waals surface area (Å²) in [5, 5.41) is 11.5. The monoisotopic (exact) mass is 446 g/mol. The highest BCUT2D eigenvalue weighted by molar-refractivity contribution is 5.97. The zero-order valence-corrected chi connectivity index (χ0v) is 19.9. The highest BCUT2D eigenvalue weighted by Gasteiger charge is 2.20. The van der Waals surface area contributed by atoms with Gasteiger partial charge in [-0.3, -0.25) is 9.59 Å². The third-order valence-electron chi connectivity index (χ3n) is 5.25. The van der Waals surface area contributed by atoms with Gasteiger partial charge < -0.3 is 21.3 Å². The molecule has 1 aromatic rings. The van der Waals surface area contributed by atoms with E-state index in [4.69, 9.17) is 0 Å². The van der Waals surface area contributed by atoms with Crippen molar-refractivity contribution >= 4 is 17.7 Å². The van der Waals surface area contributed by atoms with Crippen LogP contribution in [-0.4, -0.2) is 49.9 Å². The smallest absolute Gasteiger partial charge is 0.315 e. The van der Waals surface area contributed by atoms with Gasteiger partial charge in [-0.1, -0.05) is 89.1 Å². The zero-order valence-electron chi connectivity index (χ0n) is 19.9. The molecule has 0 aliphatic heterocycles. The van der Waals surface area contributed by atoms with E-state index in [0.29, 0.717) is 18.7 Å². The Bertz CT molecular complexity index is 652. The molecular formula is C25H42N4O3. The molecule has 4 N–H and O–H groups in total. The van der Waals surface area contributed by atoms with Gasteiger partial charge in [-0.15, -0.1) is 0 Å². The Balaban J connectivity index is 2.47. The van der Waals surface area contributed by atoms with Crippen LogP contribution < -0.4 is 21.3 Å². The largest absolute Gasteiger partial charge is 0.354 e. The van der Waals surface area contributed by atoms with Gasteiger partial charge in [-0.25, -0.2) is 4.79 Å². The van der Waals surface area contributed by atoms with Crippen LogP contribution in [0.4, 0.5) is 4.79 Å². The molecule has 0 aliphatic carbocycles. The van der Waals surface area contributed by atoms with Crippen LogP contribution in [0.3, 0.4) is 0 Å². The Morgan fingerprint density at radius 3 is 2.03 bits per heavy atom. The lowest BCUT2D eigenvalue weighted by molar-refractivity contribution is -0.122. The van der Waals surface area contributed by atoms with E-state index in [1.54, 1.807) is 12.1 Å². The van der Waals surface area contributed by atoms with Crippen LogP contribution in [0.5, 0.6) is 0 Å². The average Bonchev–Trinajstić information content (AvgIpc) is 2.80. The first kappa shape index (κ1) is 27.6. The number of nitrogens with one attached hydrogen (secondary N) is 4. The first-order chi connectivity index (χ1) is 15.6. The summed E-state index contributed by atoms with van der Waals surface area (Å²) in [5.41, 5.74) is 0.616. The molecule has 0 saturated heterocycles. The lowest BCUT2D eigenvalue weighted by Crippen LogP contribution is -2.54.